The second kappa shape index (κ2) is 8.41. The van der Waals surface area contributed by atoms with Crippen molar-refractivity contribution in [3.05, 3.63) is 74.5 Å². The van der Waals surface area contributed by atoms with Crippen LogP contribution in [0.1, 0.15) is 29.0 Å². The third-order valence-corrected chi connectivity index (χ3v) is 6.13. The van der Waals surface area contributed by atoms with Crippen LogP contribution >= 0.6 is 23.4 Å². The highest BCUT2D eigenvalue weighted by Crippen LogP contribution is 2.40. The number of fused-ring (bicyclic) bond motifs is 1. The Labute approximate surface area is 181 Å². The van der Waals surface area contributed by atoms with E-state index in [0.717, 1.165) is 5.56 Å². The fraction of sp³-hybridized carbons (Fsp3) is 0.190. The Kier molecular flexibility index (Phi) is 5.69. The number of H-pyrrole nitrogens is 1. The molecular formula is C21H18ClN3O4S. The van der Waals surface area contributed by atoms with Crippen molar-refractivity contribution >= 4 is 35.1 Å². The van der Waals surface area contributed by atoms with E-state index in [1.54, 1.807) is 12.1 Å². The summed E-state index contributed by atoms with van der Waals surface area (Å²) in [5.41, 5.74) is 1.58. The first kappa shape index (κ1) is 20.3. The topological polar surface area (TPSA) is 104 Å². The van der Waals surface area contributed by atoms with Crippen molar-refractivity contribution in [2.24, 2.45) is 0 Å². The summed E-state index contributed by atoms with van der Waals surface area (Å²) in [6.07, 6.45) is 0.0744. The number of amides is 1. The van der Waals surface area contributed by atoms with Gasteiger partial charge in [0.1, 0.15) is 17.3 Å². The predicted molar refractivity (Wildman–Crippen MR) is 116 cm³/mol. The van der Waals surface area contributed by atoms with Gasteiger partial charge < -0.3 is 20.1 Å². The lowest BCUT2D eigenvalue weighted by molar-refractivity contribution is -0.116. The second-order valence-corrected chi connectivity index (χ2v) is 8.12. The average molecular weight is 444 g/mol. The minimum atomic E-state index is -0.539. The van der Waals surface area contributed by atoms with E-state index in [4.69, 9.17) is 16.3 Å². The Hall–Kier alpha value is -2.97. The number of aromatic hydroxyl groups is 1. The van der Waals surface area contributed by atoms with Crippen molar-refractivity contribution in [3.8, 4) is 11.5 Å². The summed E-state index contributed by atoms with van der Waals surface area (Å²) in [5.74, 6) is 0.402. The maximum absolute atomic E-state index is 12.9. The molecule has 3 N–H and O–H groups in total. The molecule has 1 aromatic heterocycles. The van der Waals surface area contributed by atoms with Crippen LogP contribution in [-0.4, -0.2) is 28.1 Å². The molecule has 7 nitrogen and oxygen atoms in total. The maximum atomic E-state index is 12.9. The molecule has 3 aromatic rings. The van der Waals surface area contributed by atoms with Crippen LogP contribution in [-0.2, 0) is 10.5 Å². The van der Waals surface area contributed by atoms with Crippen LogP contribution in [0.25, 0.3) is 0 Å². The minimum absolute atomic E-state index is 0.0365. The Balaban J connectivity index is 1.70. The number of carbonyl (C=O) groups is 1. The minimum Gasteiger partial charge on any atom is -0.508 e. The summed E-state index contributed by atoms with van der Waals surface area (Å²) >= 11 is 7.51. The summed E-state index contributed by atoms with van der Waals surface area (Å²) in [4.78, 5) is 32.5. The highest BCUT2D eigenvalue weighted by Gasteiger charge is 2.32. The molecule has 0 saturated heterocycles. The number of rotatable bonds is 5. The number of thioether (sulfide) groups is 1. The first-order chi connectivity index (χ1) is 14.5. The van der Waals surface area contributed by atoms with Crippen LogP contribution in [0.15, 0.2) is 52.4 Å². The van der Waals surface area contributed by atoms with Gasteiger partial charge in [-0.3, -0.25) is 9.59 Å². The van der Waals surface area contributed by atoms with E-state index >= 15 is 0 Å². The number of carbonyl (C=O) groups excluding carboxylic acids is 1. The molecule has 4 rings (SSSR count). The van der Waals surface area contributed by atoms with E-state index in [9.17, 15) is 14.7 Å². The smallest absolute Gasteiger partial charge is 0.257 e. The molecule has 2 aromatic carbocycles. The molecule has 1 aliphatic rings. The van der Waals surface area contributed by atoms with Gasteiger partial charge in [0.05, 0.1) is 12.7 Å². The Morgan fingerprint density at radius 3 is 2.83 bits per heavy atom. The lowest BCUT2D eigenvalue weighted by Crippen LogP contribution is -2.31. The van der Waals surface area contributed by atoms with Gasteiger partial charge in [-0.15, -0.1) is 0 Å². The molecule has 0 fully saturated rings. The number of anilines is 1. The number of nitrogens with one attached hydrogen (secondary N) is 2. The third kappa shape index (κ3) is 4.01. The monoisotopic (exact) mass is 443 g/mol. The van der Waals surface area contributed by atoms with Crippen LogP contribution in [0.3, 0.4) is 0 Å². The average Bonchev–Trinajstić information content (AvgIpc) is 2.72. The van der Waals surface area contributed by atoms with Crippen molar-refractivity contribution in [3.63, 3.8) is 0 Å². The zero-order chi connectivity index (χ0) is 21.3. The molecule has 30 heavy (non-hydrogen) atoms. The Bertz CT molecular complexity index is 1180. The van der Waals surface area contributed by atoms with Crippen LogP contribution in [0.2, 0.25) is 5.02 Å². The van der Waals surface area contributed by atoms with Crippen LogP contribution in [0.4, 0.5) is 5.82 Å². The summed E-state index contributed by atoms with van der Waals surface area (Å²) < 4.78 is 5.35. The fourth-order valence-electron chi connectivity index (χ4n) is 3.43. The summed E-state index contributed by atoms with van der Waals surface area (Å²) in [7, 11) is 1.47. The van der Waals surface area contributed by atoms with Crippen molar-refractivity contribution in [1.29, 1.82) is 0 Å². The second-order valence-electron chi connectivity index (χ2n) is 6.74. The highest BCUT2D eigenvalue weighted by atomic mass is 35.5. The summed E-state index contributed by atoms with van der Waals surface area (Å²) in [5, 5.41) is 13.4. The SMILES string of the molecule is COc1cc(O)ccc1[C@H]1CC(=O)Nc2nc(SCc3ccccc3Cl)[nH]c(=O)c21. The first-order valence-electron chi connectivity index (χ1n) is 9.13. The number of phenolic OH excluding ortho intramolecular Hbond substituents is 1. The van der Waals surface area contributed by atoms with Gasteiger partial charge in [-0.25, -0.2) is 4.98 Å². The van der Waals surface area contributed by atoms with E-state index < -0.39 is 5.92 Å². The molecule has 0 aliphatic carbocycles. The van der Waals surface area contributed by atoms with Gasteiger partial charge in [0.25, 0.3) is 5.56 Å². The molecule has 2 heterocycles. The van der Waals surface area contributed by atoms with Gasteiger partial charge in [0.2, 0.25) is 5.91 Å². The zero-order valence-corrected chi connectivity index (χ0v) is 17.5. The zero-order valence-electron chi connectivity index (χ0n) is 15.9. The van der Waals surface area contributed by atoms with E-state index in [-0.39, 0.29) is 29.5 Å². The molecule has 0 unspecified atom stereocenters. The van der Waals surface area contributed by atoms with Gasteiger partial charge in [-0.1, -0.05) is 47.6 Å². The van der Waals surface area contributed by atoms with Gasteiger partial charge >= 0.3 is 0 Å². The molecule has 0 spiro atoms. The molecule has 0 bridgehead atoms. The molecule has 9 heteroatoms. The van der Waals surface area contributed by atoms with Gasteiger partial charge in [-0.2, -0.15) is 0 Å². The van der Waals surface area contributed by atoms with Crippen molar-refractivity contribution in [2.45, 2.75) is 23.2 Å². The number of phenols is 1. The summed E-state index contributed by atoms with van der Waals surface area (Å²) in [6, 6.07) is 12.1. The van der Waals surface area contributed by atoms with Crippen LogP contribution in [0.5, 0.6) is 11.5 Å². The van der Waals surface area contributed by atoms with Crippen molar-refractivity contribution < 1.29 is 14.6 Å². The van der Waals surface area contributed by atoms with Crippen LogP contribution < -0.4 is 15.6 Å². The van der Waals surface area contributed by atoms with Gasteiger partial charge in [-0.05, 0) is 17.7 Å². The fourth-order valence-corrected chi connectivity index (χ4v) is 4.58. The van der Waals surface area contributed by atoms with Crippen molar-refractivity contribution in [2.75, 3.05) is 12.4 Å². The standard InChI is InChI=1S/C21H18ClN3O4S/c1-29-16-8-12(26)6-7-13(16)14-9-17(27)23-19-18(14)20(28)25-21(24-19)30-10-11-4-2-3-5-15(11)22/h2-8,14,26H,9-10H2,1H3,(H2,23,24,25,27,28)/t14-/m1/s1. The van der Waals surface area contributed by atoms with Crippen LogP contribution in [0, 0.1) is 0 Å². The van der Waals surface area contributed by atoms with E-state index in [0.29, 0.717) is 32.8 Å². The Morgan fingerprint density at radius 1 is 1.27 bits per heavy atom. The van der Waals surface area contributed by atoms with E-state index in [1.807, 2.05) is 18.2 Å². The number of aromatic amines is 1. The lowest BCUT2D eigenvalue weighted by Gasteiger charge is -2.25. The number of halogens is 1. The number of benzene rings is 2. The van der Waals surface area contributed by atoms with E-state index in [1.165, 1.54) is 31.0 Å². The number of nitrogens with zero attached hydrogens (tertiary/aromatic N) is 1. The molecule has 0 saturated carbocycles. The number of hydrogen-bond donors (Lipinski definition) is 3. The largest absolute Gasteiger partial charge is 0.508 e. The van der Waals surface area contributed by atoms with Gasteiger partial charge in [0, 0.05) is 34.7 Å². The molecule has 0 radical (unpaired) electrons. The Morgan fingerprint density at radius 2 is 2.07 bits per heavy atom. The predicted octanol–water partition coefficient (Wildman–Crippen LogP) is 3.90. The molecule has 1 aliphatic heterocycles. The van der Waals surface area contributed by atoms with E-state index in [2.05, 4.69) is 15.3 Å². The normalized spacial score (nSPS) is 15.4. The molecule has 154 valence electrons. The number of hydrogen-bond acceptors (Lipinski definition) is 6. The van der Waals surface area contributed by atoms with Gasteiger partial charge in [0.15, 0.2) is 5.16 Å². The number of aromatic nitrogens is 2. The third-order valence-electron chi connectivity index (χ3n) is 4.84. The number of methoxy groups -OCH3 is 1. The van der Waals surface area contributed by atoms with Crippen molar-refractivity contribution in [1.82, 2.24) is 9.97 Å². The quantitative estimate of drug-likeness (QED) is 0.408. The highest BCUT2D eigenvalue weighted by molar-refractivity contribution is 7.98. The molecule has 1 amide bonds. The molecule has 1 atom stereocenters. The lowest BCUT2D eigenvalue weighted by atomic mass is 9.86. The molecular weight excluding hydrogens is 426 g/mol. The maximum Gasteiger partial charge on any atom is 0.257 e. The first-order valence-corrected chi connectivity index (χ1v) is 10.5. The number of ether oxygens (including phenoxy) is 1. The summed E-state index contributed by atoms with van der Waals surface area (Å²) in [6.45, 7) is 0.